The number of aromatic nitrogens is 1. The molecule has 1 amide bonds. The molecule has 3 N–H and O–H groups in total. The first-order valence-electron chi connectivity index (χ1n) is 10.1. The second kappa shape index (κ2) is 8.69. The largest absolute Gasteiger partial charge is 0.350 e. The number of sulfonamides is 1. The molecule has 7 nitrogen and oxygen atoms in total. The number of likely N-dealkylation sites (tertiary alicyclic amines) is 1. The number of quaternary nitrogens is 1. The highest BCUT2D eigenvalue weighted by Gasteiger charge is 2.38. The molecule has 2 aromatic rings. The molecule has 0 spiro atoms. The van der Waals surface area contributed by atoms with Crippen molar-refractivity contribution in [1.82, 2.24) is 9.29 Å². The van der Waals surface area contributed by atoms with E-state index in [2.05, 4.69) is 20.7 Å². The summed E-state index contributed by atoms with van der Waals surface area (Å²) in [7, 11) is -1.50. The number of rotatable bonds is 7. The van der Waals surface area contributed by atoms with Gasteiger partial charge >= 0.3 is 0 Å². The molecule has 0 aliphatic carbocycles. The Bertz CT molecular complexity index is 951. The van der Waals surface area contributed by atoms with E-state index in [9.17, 15) is 13.2 Å². The molecule has 1 aliphatic heterocycles. The fourth-order valence-electron chi connectivity index (χ4n) is 4.08. The predicted octanol–water partition coefficient (Wildman–Crippen LogP) is 1.46. The molecular formula is C21H31N4O3S+. The Kier molecular flexibility index (Phi) is 6.45. The molecule has 1 saturated heterocycles. The van der Waals surface area contributed by atoms with Crippen LogP contribution in [0.5, 0.6) is 0 Å². The number of nitrogens with zero attached hydrogens (tertiary/aromatic N) is 1. The summed E-state index contributed by atoms with van der Waals surface area (Å²) in [5, 5.41) is 2.94. The summed E-state index contributed by atoms with van der Waals surface area (Å²) in [5.41, 5.74) is 1.85. The summed E-state index contributed by atoms with van der Waals surface area (Å²) in [4.78, 5) is 14.3. The second-order valence-electron chi connectivity index (χ2n) is 8.07. The molecule has 3 rings (SSSR count). The van der Waals surface area contributed by atoms with Crippen LogP contribution in [0.4, 0.5) is 5.69 Å². The fourth-order valence-corrected chi connectivity index (χ4v) is 5.33. The molecule has 1 aromatic heterocycles. The molecule has 158 valence electrons. The van der Waals surface area contributed by atoms with Crippen LogP contribution in [0.1, 0.15) is 45.3 Å². The van der Waals surface area contributed by atoms with Crippen LogP contribution < -0.4 is 14.9 Å². The molecule has 0 saturated carbocycles. The number of carbonyl (C=O) groups excluding carboxylic acids is 1. The number of amides is 1. The minimum absolute atomic E-state index is 0.0583. The van der Waals surface area contributed by atoms with Crippen molar-refractivity contribution in [1.29, 1.82) is 0 Å². The summed E-state index contributed by atoms with van der Waals surface area (Å²) >= 11 is 0. The predicted molar refractivity (Wildman–Crippen MR) is 113 cm³/mol. The summed E-state index contributed by atoms with van der Waals surface area (Å²) in [6.45, 7) is 6.47. The lowest BCUT2D eigenvalue weighted by molar-refractivity contribution is -0.932. The Morgan fingerprint density at radius 2 is 1.86 bits per heavy atom. The van der Waals surface area contributed by atoms with Crippen LogP contribution in [-0.2, 0) is 21.9 Å². The van der Waals surface area contributed by atoms with Crippen molar-refractivity contribution in [3.05, 3.63) is 48.3 Å². The van der Waals surface area contributed by atoms with Gasteiger partial charge in [-0.25, -0.2) is 13.1 Å². The summed E-state index contributed by atoms with van der Waals surface area (Å²) < 4.78 is 29.1. The van der Waals surface area contributed by atoms with E-state index in [0.29, 0.717) is 11.7 Å². The SMILES string of the molecule is CC(C)NS(=O)(=O)c1ccc(NC(=O)[C@@H](C)[NH+]2CCC[C@@H]2c2cccn2C)cc1. The highest BCUT2D eigenvalue weighted by Crippen LogP contribution is 2.20. The van der Waals surface area contributed by atoms with Crippen LogP contribution in [0, 0.1) is 0 Å². The monoisotopic (exact) mass is 419 g/mol. The molecule has 3 atom stereocenters. The smallest absolute Gasteiger partial charge is 0.282 e. The van der Waals surface area contributed by atoms with Gasteiger partial charge in [0.1, 0.15) is 6.04 Å². The molecule has 0 bridgehead atoms. The Balaban J connectivity index is 1.67. The van der Waals surface area contributed by atoms with Crippen LogP contribution in [0.15, 0.2) is 47.5 Å². The topological polar surface area (TPSA) is 84.6 Å². The van der Waals surface area contributed by atoms with Gasteiger partial charge in [0.05, 0.1) is 17.1 Å². The van der Waals surface area contributed by atoms with Crippen LogP contribution in [0.2, 0.25) is 0 Å². The minimum atomic E-state index is -3.54. The molecule has 8 heteroatoms. The average molecular weight is 420 g/mol. The van der Waals surface area contributed by atoms with Gasteiger partial charge in [0.25, 0.3) is 5.91 Å². The van der Waals surface area contributed by atoms with Crippen molar-refractivity contribution in [2.24, 2.45) is 7.05 Å². The van der Waals surface area contributed by atoms with E-state index in [1.807, 2.05) is 26.2 Å². The normalized spacial score (nSPS) is 20.7. The molecule has 29 heavy (non-hydrogen) atoms. The molecule has 1 fully saturated rings. The summed E-state index contributed by atoms with van der Waals surface area (Å²) in [6, 6.07) is 10.4. The molecular weight excluding hydrogens is 388 g/mol. The molecule has 1 unspecified atom stereocenters. The van der Waals surface area contributed by atoms with E-state index in [4.69, 9.17) is 0 Å². The van der Waals surface area contributed by atoms with Crippen molar-refractivity contribution in [2.75, 3.05) is 11.9 Å². The zero-order chi connectivity index (χ0) is 21.2. The van der Waals surface area contributed by atoms with Gasteiger partial charge in [-0.2, -0.15) is 0 Å². The third-order valence-corrected chi connectivity index (χ3v) is 7.19. The van der Waals surface area contributed by atoms with Crippen molar-refractivity contribution in [3.63, 3.8) is 0 Å². The lowest BCUT2D eigenvalue weighted by atomic mass is 10.1. The number of carbonyl (C=O) groups is 1. The maximum Gasteiger partial charge on any atom is 0.282 e. The van der Waals surface area contributed by atoms with Crippen molar-refractivity contribution in [2.45, 2.75) is 56.6 Å². The van der Waals surface area contributed by atoms with Gasteiger partial charge in [-0.3, -0.25) is 4.79 Å². The first kappa shape index (κ1) is 21.5. The van der Waals surface area contributed by atoms with E-state index in [-0.39, 0.29) is 22.9 Å². The van der Waals surface area contributed by atoms with Gasteiger partial charge in [0.2, 0.25) is 10.0 Å². The zero-order valence-electron chi connectivity index (χ0n) is 17.5. The maximum absolute atomic E-state index is 12.9. The highest BCUT2D eigenvalue weighted by molar-refractivity contribution is 7.89. The van der Waals surface area contributed by atoms with Gasteiger partial charge in [0, 0.05) is 37.8 Å². The average Bonchev–Trinajstić information content (AvgIpc) is 3.28. The third kappa shape index (κ3) is 4.88. The molecule has 1 aromatic carbocycles. The van der Waals surface area contributed by atoms with E-state index in [1.165, 1.54) is 22.7 Å². The maximum atomic E-state index is 12.9. The van der Waals surface area contributed by atoms with Gasteiger partial charge in [-0.05, 0) is 57.2 Å². The van der Waals surface area contributed by atoms with Crippen LogP contribution in [0.3, 0.4) is 0 Å². The molecule has 1 aliphatic rings. The number of anilines is 1. The quantitative estimate of drug-likeness (QED) is 0.635. The summed E-state index contributed by atoms with van der Waals surface area (Å²) in [6.07, 6.45) is 4.21. The molecule has 2 heterocycles. The van der Waals surface area contributed by atoms with Crippen molar-refractivity contribution in [3.8, 4) is 0 Å². The standard InChI is InChI=1S/C21H30N4O3S/c1-15(2)23-29(27,28)18-11-9-17(10-12-18)22-21(26)16(3)25-14-6-8-20(25)19-7-5-13-24(19)4/h5,7,9-13,15-16,20,23H,6,8,14H2,1-4H3,(H,22,26)/p+1/t16-,20-/m1/s1. The van der Waals surface area contributed by atoms with Crippen LogP contribution in [0.25, 0.3) is 0 Å². The summed E-state index contributed by atoms with van der Waals surface area (Å²) in [5.74, 6) is -0.0583. The second-order valence-corrected chi connectivity index (χ2v) is 9.79. The van der Waals surface area contributed by atoms with Gasteiger partial charge < -0.3 is 14.8 Å². The van der Waals surface area contributed by atoms with Gasteiger partial charge in [-0.1, -0.05) is 0 Å². The highest BCUT2D eigenvalue weighted by atomic mass is 32.2. The van der Waals surface area contributed by atoms with E-state index in [1.54, 1.807) is 26.0 Å². The Morgan fingerprint density at radius 3 is 2.45 bits per heavy atom. The fraction of sp³-hybridized carbons (Fsp3) is 0.476. The number of hydrogen-bond donors (Lipinski definition) is 3. The van der Waals surface area contributed by atoms with Gasteiger partial charge in [0.15, 0.2) is 6.04 Å². The Morgan fingerprint density at radius 1 is 1.17 bits per heavy atom. The Hall–Kier alpha value is -2.16. The first-order chi connectivity index (χ1) is 13.7. The minimum Gasteiger partial charge on any atom is -0.350 e. The number of aryl methyl sites for hydroxylation is 1. The number of hydrogen-bond acceptors (Lipinski definition) is 3. The lowest BCUT2D eigenvalue weighted by Crippen LogP contribution is -3.15. The van der Waals surface area contributed by atoms with E-state index < -0.39 is 10.0 Å². The number of nitrogens with one attached hydrogen (secondary N) is 3. The van der Waals surface area contributed by atoms with E-state index in [0.717, 1.165) is 19.4 Å². The number of benzene rings is 1. The van der Waals surface area contributed by atoms with Crippen molar-refractivity contribution < 1.29 is 18.1 Å². The Labute approximate surface area is 173 Å². The van der Waals surface area contributed by atoms with E-state index >= 15 is 0 Å². The molecule has 0 radical (unpaired) electrons. The van der Waals surface area contributed by atoms with Gasteiger partial charge in [-0.15, -0.1) is 0 Å². The third-order valence-electron chi connectivity index (χ3n) is 5.52. The van der Waals surface area contributed by atoms with Crippen LogP contribution >= 0.6 is 0 Å². The zero-order valence-corrected chi connectivity index (χ0v) is 18.3. The van der Waals surface area contributed by atoms with Crippen molar-refractivity contribution >= 4 is 21.6 Å². The lowest BCUT2D eigenvalue weighted by Gasteiger charge is -2.27. The first-order valence-corrected chi connectivity index (χ1v) is 11.6. The van der Waals surface area contributed by atoms with Crippen LogP contribution in [-0.4, -0.2) is 37.5 Å².